The first-order valence-corrected chi connectivity index (χ1v) is 9.16. The summed E-state index contributed by atoms with van der Waals surface area (Å²) in [6, 6.07) is 10.6. The van der Waals surface area contributed by atoms with Gasteiger partial charge in [0, 0.05) is 24.7 Å². The molecule has 0 fully saturated rings. The normalized spacial score (nSPS) is 11.6. The highest BCUT2D eigenvalue weighted by atomic mass is 19.3. The molecule has 0 saturated carbocycles. The first-order chi connectivity index (χ1) is 13.6. The molecule has 0 saturated heterocycles. The quantitative estimate of drug-likeness (QED) is 0.558. The van der Waals surface area contributed by atoms with Crippen LogP contribution in [0.4, 0.5) is 30.5 Å². The van der Waals surface area contributed by atoms with E-state index in [1.54, 1.807) is 25.1 Å². The third-order valence-electron chi connectivity index (χ3n) is 3.91. The maximum absolute atomic E-state index is 13.7. The van der Waals surface area contributed by atoms with Gasteiger partial charge in [-0.05, 0) is 56.7 Å². The average molecular weight is 401 g/mol. The summed E-state index contributed by atoms with van der Waals surface area (Å²) in [7, 11) is 0. The lowest BCUT2D eigenvalue weighted by Gasteiger charge is -2.14. The minimum absolute atomic E-state index is 0.0845. The molecule has 0 aliphatic heterocycles. The lowest BCUT2D eigenvalue weighted by atomic mass is 10.2. The monoisotopic (exact) mass is 401 g/mol. The smallest absolute Gasteiger partial charge is 0.286 e. The molecular formula is C21H22F3N5. The molecule has 0 spiro atoms. The van der Waals surface area contributed by atoms with Crippen LogP contribution in [0, 0.1) is 12.7 Å². The second-order valence-corrected chi connectivity index (χ2v) is 7.20. The summed E-state index contributed by atoms with van der Waals surface area (Å²) in [5, 5.41) is 6.21. The summed E-state index contributed by atoms with van der Waals surface area (Å²) in [4.78, 5) is 12.8. The van der Waals surface area contributed by atoms with Crippen molar-refractivity contribution in [1.29, 1.82) is 0 Å². The Morgan fingerprint density at radius 1 is 0.966 bits per heavy atom. The van der Waals surface area contributed by atoms with Crippen LogP contribution in [-0.4, -0.2) is 21.0 Å². The third kappa shape index (κ3) is 5.43. The van der Waals surface area contributed by atoms with Gasteiger partial charge < -0.3 is 10.6 Å². The van der Waals surface area contributed by atoms with Crippen LogP contribution < -0.4 is 10.6 Å². The molecule has 8 heteroatoms. The van der Waals surface area contributed by atoms with Gasteiger partial charge in [0.1, 0.15) is 28.8 Å². The predicted octanol–water partition coefficient (Wildman–Crippen LogP) is 5.66. The fraction of sp³-hybridized carbons (Fsp3) is 0.286. The molecule has 29 heavy (non-hydrogen) atoms. The van der Waals surface area contributed by atoms with Crippen molar-refractivity contribution in [2.45, 2.75) is 39.7 Å². The number of pyridine rings is 1. The van der Waals surface area contributed by atoms with Crippen molar-refractivity contribution in [2.75, 3.05) is 10.6 Å². The van der Waals surface area contributed by atoms with Crippen LogP contribution in [0.25, 0.3) is 11.5 Å². The summed E-state index contributed by atoms with van der Waals surface area (Å²) < 4.78 is 41.1. The van der Waals surface area contributed by atoms with E-state index in [1.807, 2.05) is 13.8 Å². The average Bonchev–Trinajstić information content (AvgIpc) is 2.59. The highest BCUT2D eigenvalue weighted by Gasteiger charge is 2.26. The Labute approximate surface area is 167 Å². The van der Waals surface area contributed by atoms with Crippen molar-refractivity contribution in [1.82, 2.24) is 15.0 Å². The maximum atomic E-state index is 13.7. The van der Waals surface area contributed by atoms with Gasteiger partial charge in [-0.2, -0.15) is 8.78 Å². The van der Waals surface area contributed by atoms with Gasteiger partial charge in [0.25, 0.3) is 5.92 Å². The summed E-state index contributed by atoms with van der Waals surface area (Å²) in [6.45, 7) is 6.46. The number of nitrogens with zero attached hydrogens (tertiary/aromatic N) is 3. The fourth-order valence-electron chi connectivity index (χ4n) is 2.76. The van der Waals surface area contributed by atoms with Gasteiger partial charge in [0.15, 0.2) is 5.82 Å². The van der Waals surface area contributed by atoms with E-state index in [4.69, 9.17) is 0 Å². The number of hydrogen-bond donors (Lipinski definition) is 2. The second kappa shape index (κ2) is 8.06. The van der Waals surface area contributed by atoms with Gasteiger partial charge in [0.2, 0.25) is 0 Å². The van der Waals surface area contributed by atoms with Crippen molar-refractivity contribution >= 4 is 17.3 Å². The maximum Gasteiger partial charge on any atom is 0.286 e. The molecule has 1 aromatic carbocycles. The summed E-state index contributed by atoms with van der Waals surface area (Å²) in [6.07, 6.45) is 0. The van der Waals surface area contributed by atoms with E-state index in [-0.39, 0.29) is 29.1 Å². The Balaban J connectivity index is 2.04. The summed E-state index contributed by atoms with van der Waals surface area (Å²) in [5.74, 6) is -2.39. The van der Waals surface area contributed by atoms with Crippen molar-refractivity contribution in [3.05, 3.63) is 59.5 Å². The summed E-state index contributed by atoms with van der Waals surface area (Å²) >= 11 is 0. The first-order valence-electron chi connectivity index (χ1n) is 9.16. The number of aromatic nitrogens is 3. The number of halogens is 3. The Bertz CT molecular complexity index is 995. The molecule has 0 unspecified atom stereocenters. The highest BCUT2D eigenvalue weighted by molar-refractivity contribution is 5.64. The van der Waals surface area contributed by atoms with Gasteiger partial charge in [-0.25, -0.2) is 19.3 Å². The van der Waals surface area contributed by atoms with E-state index in [1.165, 1.54) is 24.3 Å². The molecule has 2 heterocycles. The van der Waals surface area contributed by atoms with E-state index >= 15 is 0 Å². The molecule has 2 aromatic heterocycles. The molecule has 0 atom stereocenters. The van der Waals surface area contributed by atoms with Gasteiger partial charge in [-0.3, -0.25) is 0 Å². The van der Waals surface area contributed by atoms with Crippen LogP contribution in [0.1, 0.15) is 32.0 Å². The van der Waals surface area contributed by atoms with Gasteiger partial charge in [-0.1, -0.05) is 6.07 Å². The van der Waals surface area contributed by atoms with E-state index in [9.17, 15) is 13.2 Å². The van der Waals surface area contributed by atoms with Crippen molar-refractivity contribution in [3.63, 3.8) is 0 Å². The molecule has 3 aromatic rings. The van der Waals surface area contributed by atoms with Crippen LogP contribution in [0.5, 0.6) is 0 Å². The van der Waals surface area contributed by atoms with E-state index in [0.29, 0.717) is 17.3 Å². The Kier molecular flexibility index (Phi) is 5.72. The Morgan fingerprint density at radius 3 is 2.34 bits per heavy atom. The van der Waals surface area contributed by atoms with Gasteiger partial charge in [0.05, 0.1) is 0 Å². The molecule has 0 aliphatic rings. The van der Waals surface area contributed by atoms with Crippen LogP contribution in [0.2, 0.25) is 0 Å². The SMILES string of the molecule is Cc1cc(F)cc(Nc2cc(NC(C)C)nc(-c3cccc(C(C)(F)F)n3)n2)c1. The zero-order valence-corrected chi connectivity index (χ0v) is 16.6. The van der Waals surface area contributed by atoms with Crippen molar-refractivity contribution < 1.29 is 13.2 Å². The third-order valence-corrected chi connectivity index (χ3v) is 3.91. The van der Waals surface area contributed by atoms with Gasteiger partial charge >= 0.3 is 0 Å². The largest absolute Gasteiger partial charge is 0.368 e. The number of nitrogens with one attached hydrogen (secondary N) is 2. The first kappa shape index (κ1) is 20.6. The molecule has 3 rings (SSSR count). The lowest BCUT2D eigenvalue weighted by Crippen LogP contribution is -2.13. The minimum atomic E-state index is -3.08. The van der Waals surface area contributed by atoms with E-state index in [2.05, 4.69) is 25.6 Å². The minimum Gasteiger partial charge on any atom is -0.368 e. The van der Waals surface area contributed by atoms with Crippen LogP contribution in [0.15, 0.2) is 42.5 Å². The van der Waals surface area contributed by atoms with Crippen LogP contribution >= 0.6 is 0 Å². The number of anilines is 3. The van der Waals surface area contributed by atoms with E-state index < -0.39 is 5.92 Å². The molecular weight excluding hydrogens is 379 g/mol. The highest BCUT2D eigenvalue weighted by Crippen LogP contribution is 2.28. The molecule has 0 bridgehead atoms. The number of rotatable bonds is 6. The molecule has 0 amide bonds. The number of benzene rings is 1. The zero-order valence-electron chi connectivity index (χ0n) is 16.6. The lowest BCUT2D eigenvalue weighted by molar-refractivity contribution is 0.0129. The Morgan fingerprint density at radius 2 is 1.69 bits per heavy atom. The number of hydrogen-bond acceptors (Lipinski definition) is 5. The molecule has 5 nitrogen and oxygen atoms in total. The zero-order chi connectivity index (χ0) is 21.2. The number of alkyl halides is 2. The topological polar surface area (TPSA) is 62.7 Å². The number of aryl methyl sites for hydroxylation is 1. The molecule has 152 valence electrons. The summed E-state index contributed by atoms with van der Waals surface area (Å²) in [5.41, 5.74) is 1.12. The Hall–Kier alpha value is -3.16. The molecule has 2 N–H and O–H groups in total. The molecule has 0 radical (unpaired) electrons. The van der Waals surface area contributed by atoms with Gasteiger partial charge in [-0.15, -0.1) is 0 Å². The van der Waals surface area contributed by atoms with Crippen LogP contribution in [-0.2, 0) is 5.92 Å². The van der Waals surface area contributed by atoms with Crippen molar-refractivity contribution in [3.8, 4) is 11.5 Å². The standard InChI is InChI=1S/C21H22F3N5/c1-12(2)25-18-11-19(26-15-9-13(3)8-14(22)10-15)29-20(28-18)16-6-5-7-17(27-16)21(4,23)24/h5-12H,1-4H3,(H2,25,26,28,29). The van der Waals surface area contributed by atoms with E-state index in [0.717, 1.165) is 12.5 Å². The molecule has 0 aliphatic carbocycles. The van der Waals surface area contributed by atoms with Crippen molar-refractivity contribution in [2.24, 2.45) is 0 Å². The second-order valence-electron chi connectivity index (χ2n) is 7.20. The fourth-order valence-corrected chi connectivity index (χ4v) is 2.76. The predicted molar refractivity (Wildman–Crippen MR) is 108 cm³/mol. The van der Waals surface area contributed by atoms with Crippen LogP contribution in [0.3, 0.4) is 0 Å².